The number of carbonyl (C=O) groups is 1. The maximum absolute atomic E-state index is 11.3. The van der Waals surface area contributed by atoms with Crippen LogP contribution in [0.3, 0.4) is 0 Å². The van der Waals surface area contributed by atoms with Crippen LogP contribution < -0.4 is 0 Å². The first kappa shape index (κ1) is 13.1. The monoisotopic (exact) mass is 251 g/mol. The molecule has 0 amide bonds. The number of hydrogen-bond acceptors (Lipinski definition) is 4. The molecule has 0 radical (unpaired) electrons. The predicted molar refractivity (Wildman–Crippen MR) is 68.4 cm³/mol. The third-order valence-corrected chi connectivity index (χ3v) is 3.99. The van der Waals surface area contributed by atoms with Gasteiger partial charge in [0, 0.05) is 13.1 Å². The molecule has 4 nitrogen and oxygen atoms in total. The Morgan fingerprint density at radius 1 is 1.39 bits per heavy atom. The van der Waals surface area contributed by atoms with Gasteiger partial charge in [-0.05, 0) is 30.9 Å². The highest BCUT2D eigenvalue weighted by Gasteiger charge is 2.31. The molecule has 2 rings (SSSR count). The van der Waals surface area contributed by atoms with Gasteiger partial charge in [0.25, 0.3) is 0 Å². The zero-order valence-electron chi connectivity index (χ0n) is 11.5. The van der Waals surface area contributed by atoms with Gasteiger partial charge in [-0.15, -0.1) is 0 Å². The Labute approximate surface area is 108 Å². The molecule has 0 aliphatic carbocycles. The van der Waals surface area contributed by atoms with Crippen LogP contribution in [0, 0.1) is 11.8 Å². The number of hydrogen-bond donors (Lipinski definition) is 0. The minimum absolute atomic E-state index is 0.204. The number of ether oxygens (including phenoxy) is 1. The van der Waals surface area contributed by atoms with E-state index in [2.05, 4.69) is 30.4 Å². The minimum Gasteiger partial charge on any atom is -0.463 e. The summed E-state index contributed by atoms with van der Waals surface area (Å²) in [4.78, 5) is 13.7. The molecule has 3 atom stereocenters. The van der Waals surface area contributed by atoms with Crippen molar-refractivity contribution in [2.75, 3.05) is 20.2 Å². The van der Waals surface area contributed by atoms with Crippen LogP contribution in [-0.2, 0) is 4.74 Å². The van der Waals surface area contributed by atoms with Gasteiger partial charge < -0.3 is 9.15 Å². The van der Waals surface area contributed by atoms with Crippen LogP contribution in [0.1, 0.15) is 43.1 Å². The summed E-state index contributed by atoms with van der Waals surface area (Å²) in [7, 11) is 1.36. The average molecular weight is 251 g/mol. The predicted octanol–water partition coefficient (Wildman–Crippen LogP) is 2.72. The fourth-order valence-electron chi connectivity index (χ4n) is 2.46. The second kappa shape index (κ2) is 5.14. The lowest BCUT2D eigenvalue weighted by Gasteiger charge is -2.22. The van der Waals surface area contributed by atoms with Crippen LogP contribution in [0.2, 0.25) is 0 Å². The van der Waals surface area contributed by atoms with Crippen molar-refractivity contribution in [1.29, 1.82) is 0 Å². The Kier molecular flexibility index (Phi) is 3.76. The van der Waals surface area contributed by atoms with E-state index in [9.17, 15) is 4.79 Å². The smallest absolute Gasteiger partial charge is 0.373 e. The molecule has 4 heteroatoms. The molecule has 1 aliphatic rings. The molecule has 100 valence electrons. The van der Waals surface area contributed by atoms with Crippen LogP contribution in [0.5, 0.6) is 0 Å². The van der Waals surface area contributed by atoms with Crippen LogP contribution in [-0.4, -0.2) is 31.1 Å². The number of carbonyl (C=O) groups excluding carboxylic acids is 1. The van der Waals surface area contributed by atoms with Gasteiger partial charge in [0.05, 0.1) is 13.2 Å². The van der Waals surface area contributed by atoms with Crippen molar-refractivity contribution >= 4 is 5.97 Å². The lowest BCUT2D eigenvalue weighted by Crippen LogP contribution is -2.24. The first-order chi connectivity index (χ1) is 8.52. The molecule has 0 saturated carbocycles. The van der Waals surface area contributed by atoms with Crippen molar-refractivity contribution in [2.45, 2.75) is 26.8 Å². The molecule has 18 heavy (non-hydrogen) atoms. The molecule has 0 bridgehead atoms. The number of methoxy groups -OCH3 is 1. The Morgan fingerprint density at radius 3 is 2.56 bits per heavy atom. The molecule has 1 fully saturated rings. The van der Waals surface area contributed by atoms with Crippen LogP contribution in [0.25, 0.3) is 0 Å². The summed E-state index contributed by atoms with van der Waals surface area (Å²) in [6, 6.07) is 3.75. The Bertz CT molecular complexity index is 416. The van der Waals surface area contributed by atoms with Crippen LogP contribution in [0.4, 0.5) is 0 Å². The van der Waals surface area contributed by atoms with Gasteiger partial charge >= 0.3 is 5.97 Å². The van der Waals surface area contributed by atoms with E-state index in [1.54, 1.807) is 6.07 Å². The maximum atomic E-state index is 11.3. The number of likely N-dealkylation sites (tertiary alicyclic amines) is 1. The normalized spacial score (nSPS) is 26.2. The topological polar surface area (TPSA) is 42.7 Å². The molecule has 3 unspecified atom stereocenters. The molecular formula is C14H21NO3. The van der Waals surface area contributed by atoms with Crippen molar-refractivity contribution in [2.24, 2.45) is 11.8 Å². The van der Waals surface area contributed by atoms with E-state index < -0.39 is 5.97 Å². The molecule has 1 aliphatic heterocycles. The number of furan rings is 1. The van der Waals surface area contributed by atoms with E-state index >= 15 is 0 Å². The molecule has 0 aromatic carbocycles. The Balaban J connectivity index is 2.07. The van der Waals surface area contributed by atoms with Crippen LogP contribution >= 0.6 is 0 Å². The van der Waals surface area contributed by atoms with Gasteiger partial charge in [0.15, 0.2) is 0 Å². The van der Waals surface area contributed by atoms with E-state index in [0.717, 1.165) is 18.8 Å². The molecule has 0 N–H and O–H groups in total. The number of nitrogens with zero attached hydrogens (tertiary/aromatic N) is 1. The average Bonchev–Trinajstić information content (AvgIpc) is 2.96. The van der Waals surface area contributed by atoms with Crippen LogP contribution in [0.15, 0.2) is 16.5 Å². The van der Waals surface area contributed by atoms with Gasteiger partial charge in [-0.3, -0.25) is 4.90 Å². The summed E-state index contributed by atoms with van der Waals surface area (Å²) in [5.41, 5.74) is 0. The molecule has 1 aromatic heterocycles. The fourth-order valence-corrected chi connectivity index (χ4v) is 2.46. The quantitative estimate of drug-likeness (QED) is 0.775. The minimum atomic E-state index is -0.420. The lowest BCUT2D eigenvalue weighted by molar-refractivity contribution is 0.0559. The highest BCUT2D eigenvalue weighted by Crippen LogP contribution is 2.31. The van der Waals surface area contributed by atoms with E-state index in [1.165, 1.54) is 7.11 Å². The largest absolute Gasteiger partial charge is 0.463 e. The molecule has 1 aromatic rings. The van der Waals surface area contributed by atoms with Crippen molar-refractivity contribution < 1.29 is 13.9 Å². The standard InChI is InChI=1S/C14H21NO3/c1-9-7-15(8-10(9)2)11(3)12-5-6-13(18-12)14(16)17-4/h5-6,9-11H,7-8H2,1-4H3. The van der Waals surface area contributed by atoms with Gasteiger partial charge in [-0.25, -0.2) is 4.79 Å². The first-order valence-electron chi connectivity index (χ1n) is 6.45. The second-order valence-electron chi connectivity index (χ2n) is 5.28. The molecule has 2 heterocycles. The van der Waals surface area contributed by atoms with Crippen molar-refractivity contribution in [3.8, 4) is 0 Å². The van der Waals surface area contributed by atoms with E-state index in [-0.39, 0.29) is 11.8 Å². The lowest BCUT2D eigenvalue weighted by atomic mass is 10.0. The third kappa shape index (κ3) is 2.43. The third-order valence-electron chi connectivity index (χ3n) is 3.99. The van der Waals surface area contributed by atoms with Gasteiger partial charge in [-0.1, -0.05) is 13.8 Å². The van der Waals surface area contributed by atoms with E-state index in [0.29, 0.717) is 11.8 Å². The zero-order chi connectivity index (χ0) is 13.3. The fraction of sp³-hybridized carbons (Fsp3) is 0.643. The first-order valence-corrected chi connectivity index (χ1v) is 6.45. The Hall–Kier alpha value is -1.29. The van der Waals surface area contributed by atoms with Gasteiger partial charge in [-0.2, -0.15) is 0 Å². The molecular weight excluding hydrogens is 230 g/mol. The van der Waals surface area contributed by atoms with E-state index in [4.69, 9.17) is 4.42 Å². The second-order valence-corrected chi connectivity index (χ2v) is 5.28. The maximum Gasteiger partial charge on any atom is 0.373 e. The highest BCUT2D eigenvalue weighted by atomic mass is 16.5. The summed E-state index contributed by atoms with van der Waals surface area (Å²) in [6.07, 6.45) is 0. The summed E-state index contributed by atoms with van der Waals surface area (Å²) >= 11 is 0. The SMILES string of the molecule is COC(=O)c1ccc(C(C)N2CC(C)C(C)C2)o1. The summed E-state index contributed by atoms with van der Waals surface area (Å²) in [6.45, 7) is 8.83. The Morgan fingerprint density at radius 2 is 2.00 bits per heavy atom. The van der Waals surface area contributed by atoms with Crippen molar-refractivity contribution in [3.05, 3.63) is 23.7 Å². The van der Waals surface area contributed by atoms with Gasteiger partial charge in [0.2, 0.25) is 5.76 Å². The van der Waals surface area contributed by atoms with Crippen molar-refractivity contribution in [3.63, 3.8) is 0 Å². The molecule has 1 saturated heterocycles. The summed E-state index contributed by atoms with van der Waals surface area (Å²) in [5, 5.41) is 0. The van der Waals surface area contributed by atoms with Crippen molar-refractivity contribution in [1.82, 2.24) is 4.90 Å². The molecule has 0 spiro atoms. The van der Waals surface area contributed by atoms with Gasteiger partial charge in [0.1, 0.15) is 5.76 Å². The zero-order valence-corrected chi connectivity index (χ0v) is 11.5. The number of esters is 1. The highest BCUT2D eigenvalue weighted by molar-refractivity contribution is 5.86. The number of rotatable bonds is 3. The van der Waals surface area contributed by atoms with E-state index in [1.807, 2.05) is 6.07 Å². The summed E-state index contributed by atoms with van der Waals surface area (Å²) in [5.74, 6) is 2.11. The summed E-state index contributed by atoms with van der Waals surface area (Å²) < 4.78 is 10.2.